The molecule has 3 heterocycles. The third-order valence-corrected chi connectivity index (χ3v) is 3.18. The van der Waals surface area contributed by atoms with Crippen molar-refractivity contribution in [2.75, 3.05) is 6.54 Å². The lowest BCUT2D eigenvalue weighted by Crippen LogP contribution is -2.27. The summed E-state index contributed by atoms with van der Waals surface area (Å²) in [5.74, 6) is 0.538. The van der Waals surface area contributed by atoms with Crippen LogP contribution in [0.5, 0.6) is 0 Å². The smallest absolute Gasteiger partial charge is 0.269 e. The SMILES string of the molecule is O=C(NCCc1nnc2ccccn12)c1cccc(Cl)n1. The second kappa shape index (κ2) is 5.88. The molecule has 0 aliphatic rings. The van der Waals surface area contributed by atoms with Gasteiger partial charge in [-0.25, -0.2) is 4.98 Å². The van der Waals surface area contributed by atoms with Crippen LogP contribution in [0.3, 0.4) is 0 Å². The van der Waals surface area contributed by atoms with E-state index in [0.717, 1.165) is 11.5 Å². The first-order chi connectivity index (χ1) is 10.2. The van der Waals surface area contributed by atoms with Gasteiger partial charge in [0.25, 0.3) is 5.91 Å². The van der Waals surface area contributed by atoms with Gasteiger partial charge in [0.15, 0.2) is 5.65 Å². The number of halogens is 1. The van der Waals surface area contributed by atoms with E-state index in [1.54, 1.807) is 18.2 Å². The maximum absolute atomic E-state index is 11.9. The number of nitrogens with one attached hydrogen (secondary N) is 1. The molecule has 21 heavy (non-hydrogen) atoms. The van der Waals surface area contributed by atoms with Crippen molar-refractivity contribution in [2.24, 2.45) is 0 Å². The summed E-state index contributed by atoms with van der Waals surface area (Å²) < 4.78 is 1.89. The summed E-state index contributed by atoms with van der Waals surface area (Å²) in [5, 5.41) is 11.2. The normalized spacial score (nSPS) is 10.7. The van der Waals surface area contributed by atoms with Crippen LogP contribution in [-0.4, -0.2) is 32.0 Å². The van der Waals surface area contributed by atoms with Crippen LogP contribution in [0.2, 0.25) is 5.15 Å². The van der Waals surface area contributed by atoms with Gasteiger partial charge in [0.05, 0.1) is 0 Å². The van der Waals surface area contributed by atoms with Gasteiger partial charge in [0.2, 0.25) is 0 Å². The van der Waals surface area contributed by atoms with E-state index in [0.29, 0.717) is 23.8 Å². The Kier molecular flexibility index (Phi) is 3.79. The van der Waals surface area contributed by atoms with Gasteiger partial charge in [-0.2, -0.15) is 0 Å². The van der Waals surface area contributed by atoms with Crippen LogP contribution in [0.25, 0.3) is 5.65 Å². The predicted octanol–water partition coefficient (Wildman–Crippen LogP) is 1.75. The Bertz CT molecular complexity index is 786. The fourth-order valence-electron chi connectivity index (χ4n) is 1.97. The first kappa shape index (κ1) is 13.5. The number of pyridine rings is 2. The van der Waals surface area contributed by atoms with Gasteiger partial charge in [0.1, 0.15) is 16.7 Å². The molecule has 106 valence electrons. The van der Waals surface area contributed by atoms with Crippen LogP contribution >= 0.6 is 11.6 Å². The van der Waals surface area contributed by atoms with Gasteiger partial charge < -0.3 is 5.32 Å². The second-order valence-corrected chi connectivity index (χ2v) is 4.78. The highest BCUT2D eigenvalue weighted by molar-refractivity contribution is 6.29. The largest absolute Gasteiger partial charge is 0.350 e. The molecular weight excluding hydrogens is 290 g/mol. The maximum Gasteiger partial charge on any atom is 0.269 e. The lowest BCUT2D eigenvalue weighted by molar-refractivity contribution is 0.0949. The van der Waals surface area contributed by atoms with Crippen molar-refractivity contribution in [3.63, 3.8) is 0 Å². The molecule has 1 amide bonds. The molecular formula is C14H12ClN5O. The molecule has 0 unspecified atom stereocenters. The molecule has 0 aliphatic carbocycles. The minimum atomic E-state index is -0.258. The van der Waals surface area contributed by atoms with Crippen LogP contribution in [0, 0.1) is 0 Å². The first-order valence-electron chi connectivity index (χ1n) is 6.43. The third kappa shape index (κ3) is 3.00. The standard InChI is InChI=1S/C14H12ClN5O/c15-11-5-3-4-10(17-11)14(21)16-8-7-13-19-18-12-6-1-2-9-20(12)13/h1-6,9H,7-8H2,(H,16,21). The van der Waals surface area contributed by atoms with Crippen LogP contribution in [0.1, 0.15) is 16.3 Å². The Morgan fingerprint density at radius 2 is 2.10 bits per heavy atom. The summed E-state index contributed by atoms with van der Waals surface area (Å²) in [7, 11) is 0. The Balaban J connectivity index is 1.62. The van der Waals surface area contributed by atoms with E-state index in [1.165, 1.54) is 0 Å². The van der Waals surface area contributed by atoms with Gasteiger partial charge in [-0.05, 0) is 24.3 Å². The molecule has 6 nitrogen and oxygen atoms in total. The van der Waals surface area contributed by atoms with Gasteiger partial charge in [-0.3, -0.25) is 9.20 Å². The predicted molar refractivity (Wildman–Crippen MR) is 78.3 cm³/mol. The zero-order chi connectivity index (χ0) is 14.7. The highest BCUT2D eigenvalue weighted by Gasteiger charge is 2.08. The molecule has 0 aromatic carbocycles. The molecule has 3 aromatic heterocycles. The van der Waals surface area contributed by atoms with Crippen LogP contribution in [-0.2, 0) is 6.42 Å². The zero-order valence-electron chi connectivity index (χ0n) is 11.0. The fraction of sp³-hybridized carbons (Fsp3) is 0.143. The lowest BCUT2D eigenvalue weighted by atomic mass is 10.3. The lowest BCUT2D eigenvalue weighted by Gasteiger charge is -2.04. The molecule has 3 rings (SSSR count). The molecule has 0 spiro atoms. The molecule has 0 atom stereocenters. The highest BCUT2D eigenvalue weighted by Crippen LogP contribution is 2.05. The molecule has 1 N–H and O–H groups in total. The topological polar surface area (TPSA) is 72.2 Å². The van der Waals surface area contributed by atoms with Gasteiger partial charge in [0, 0.05) is 19.2 Å². The first-order valence-corrected chi connectivity index (χ1v) is 6.81. The molecule has 0 bridgehead atoms. The Hall–Kier alpha value is -2.47. The monoisotopic (exact) mass is 301 g/mol. The van der Waals surface area contributed by atoms with Crippen molar-refractivity contribution < 1.29 is 4.79 Å². The van der Waals surface area contributed by atoms with Crippen molar-refractivity contribution in [2.45, 2.75) is 6.42 Å². The number of nitrogens with zero attached hydrogens (tertiary/aromatic N) is 4. The number of carbonyl (C=O) groups is 1. The maximum atomic E-state index is 11.9. The Morgan fingerprint density at radius 3 is 2.95 bits per heavy atom. The Morgan fingerprint density at radius 1 is 1.19 bits per heavy atom. The molecule has 0 saturated heterocycles. The van der Waals surface area contributed by atoms with E-state index >= 15 is 0 Å². The van der Waals surface area contributed by atoms with Crippen LogP contribution in [0.4, 0.5) is 0 Å². The molecule has 0 fully saturated rings. The molecule has 7 heteroatoms. The number of hydrogen-bond donors (Lipinski definition) is 1. The second-order valence-electron chi connectivity index (χ2n) is 4.40. The van der Waals surface area contributed by atoms with E-state index in [2.05, 4.69) is 20.5 Å². The number of fused-ring (bicyclic) bond motifs is 1. The van der Waals surface area contributed by atoms with Crippen molar-refractivity contribution in [1.82, 2.24) is 24.9 Å². The van der Waals surface area contributed by atoms with Crippen LogP contribution < -0.4 is 5.32 Å². The summed E-state index contributed by atoms with van der Waals surface area (Å²) in [4.78, 5) is 15.9. The minimum absolute atomic E-state index is 0.258. The number of aromatic nitrogens is 4. The summed E-state index contributed by atoms with van der Waals surface area (Å²) >= 11 is 5.76. The number of rotatable bonds is 4. The summed E-state index contributed by atoms with van der Waals surface area (Å²) in [6.07, 6.45) is 2.47. The van der Waals surface area contributed by atoms with E-state index in [4.69, 9.17) is 11.6 Å². The average Bonchev–Trinajstić information content (AvgIpc) is 2.91. The highest BCUT2D eigenvalue weighted by atomic mass is 35.5. The third-order valence-electron chi connectivity index (χ3n) is 2.97. The summed E-state index contributed by atoms with van der Waals surface area (Å²) in [6, 6.07) is 10.6. The van der Waals surface area contributed by atoms with Gasteiger partial charge in [-0.1, -0.05) is 23.7 Å². The molecule has 0 radical (unpaired) electrons. The van der Waals surface area contributed by atoms with Crippen molar-refractivity contribution in [3.8, 4) is 0 Å². The number of hydrogen-bond acceptors (Lipinski definition) is 4. The average molecular weight is 302 g/mol. The van der Waals surface area contributed by atoms with Crippen molar-refractivity contribution in [3.05, 3.63) is 59.3 Å². The van der Waals surface area contributed by atoms with Gasteiger partial charge in [-0.15, -0.1) is 10.2 Å². The number of amides is 1. The van der Waals surface area contributed by atoms with Crippen LogP contribution in [0.15, 0.2) is 42.6 Å². The minimum Gasteiger partial charge on any atom is -0.350 e. The molecule has 0 saturated carbocycles. The van der Waals surface area contributed by atoms with E-state index in [1.807, 2.05) is 28.8 Å². The molecule has 3 aromatic rings. The summed E-state index contributed by atoms with van der Waals surface area (Å²) in [6.45, 7) is 0.447. The van der Waals surface area contributed by atoms with Gasteiger partial charge >= 0.3 is 0 Å². The van der Waals surface area contributed by atoms with Crippen molar-refractivity contribution in [1.29, 1.82) is 0 Å². The van der Waals surface area contributed by atoms with E-state index in [9.17, 15) is 4.79 Å². The Labute approximate surface area is 125 Å². The number of carbonyl (C=O) groups excluding carboxylic acids is 1. The quantitative estimate of drug-likeness (QED) is 0.745. The molecule has 0 aliphatic heterocycles. The fourth-order valence-corrected chi connectivity index (χ4v) is 2.14. The summed E-state index contributed by atoms with van der Waals surface area (Å²) in [5.41, 5.74) is 1.09. The van der Waals surface area contributed by atoms with Crippen molar-refractivity contribution >= 4 is 23.2 Å². The van der Waals surface area contributed by atoms with E-state index < -0.39 is 0 Å². The van der Waals surface area contributed by atoms with E-state index in [-0.39, 0.29) is 5.91 Å². The zero-order valence-corrected chi connectivity index (χ0v) is 11.8.